The van der Waals surface area contributed by atoms with Crippen molar-refractivity contribution in [2.75, 3.05) is 13.7 Å². The molecule has 0 N–H and O–H groups in total. The first kappa shape index (κ1) is 19.9. The zero-order chi connectivity index (χ0) is 18.5. The molecule has 0 saturated heterocycles. The Bertz CT molecular complexity index is 627. The number of methoxy groups -OCH3 is 1. The van der Waals surface area contributed by atoms with E-state index in [1.165, 1.54) is 23.1 Å². The number of hydrogen-bond acceptors (Lipinski definition) is 3. The lowest BCUT2D eigenvalue weighted by Gasteiger charge is -2.38. The van der Waals surface area contributed by atoms with Gasteiger partial charge >= 0.3 is 0 Å². The maximum Gasteiger partial charge on any atom is 0.250 e. The smallest absolute Gasteiger partial charge is 0.250 e. The van der Waals surface area contributed by atoms with E-state index in [1.807, 2.05) is 18.5 Å². The van der Waals surface area contributed by atoms with Crippen LogP contribution in [0.25, 0.3) is 5.57 Å². The highest BCUT2D eigenvalue weighted by Crippen LogP contribution is 2.40. The third kappa shape index (κ3) is 5.29. The van der Waals surface area contributed by atoms with Crippen molar-refractivity contribution in [3.8, 4) is 0 Å². The molecule has 25 heavy (non-hydrogen) atoms. The normalized spacial score (nSPS) is 21.9. The minimum atomic E-state index is -1.86. The Balaban J connectivity index is 2.43. The molecule has 138 valence electrons. The quantitative estimate of drug-likeness (QED) is 0.608. The summed E-state index contributed by atoms with van der Waals surface area (Å²) in [6.07, 6.45) is 10.5. The van der Waals surface area contributed by atoms with Crippen molar-refractivity contribution in [1.82, 2.24) is 4.98 Å². The van der Waals surface area contributed by atoms with Gasteiger partial charge in [-0.2, -0.15) is 0 Å². The maximum absolute atomic E-state index is 6.71. The highest BCUT2D eigenvalue weighted by Gasteiger charge is 2.39. The van der Waals surface area contributed by atoms with E-state index in [9.17, 15) is 0 Å². The minimum Gasteiger partial charge on any atom is -0.546 e. The van der Waals surface area contributed by atoms with Gasteiger partial charge in [0.25, 0.3) is 0 Å². The summed E-state index contributed by atoms with van der Waals surface area (Å²) in [4.78, 5) is 4.28. The fourth-order valence-corrected chi connectivity index (χ4v) is 3.92. The van der Waals surface area contributed by atoms with Crippen LogP contribution in [0.4, 0.5) is 0 Å². The van der Waals surface area contributed by atoms with Crippen LogP contribution in [-0.4, -0.2) is 27.0 Å². The molecule has 0 bridgehead atoms. The predicted octanol–water partition coefficient (Wildman–Crippen LogP) is 5.96. The van der Waals surface area contributed by atoms with Crippen LogP contribution in [0.1, 0.15) is 52.0 Å². The molecule has 1 aromatic heterocycles. The lowest BCUT2D eigenvalue weighted by molar-refractivity contribution is 0.221. The molecule has 0 unspecified atom stereocenters. The largest absolute Gasteiger partial charge is 0.546 e. The van der Waals surface area contributed by atoms with Gasteiger partial charge in [0.1, 0.15) is 0 Å². The molecule has 0 spiro atoms. The van der Waals surface area contributed by atoms with Gasteiger partial charge in [-0.25, -0.2) is 0 Å². The van der Waals surface area contributed by atoms with E-state index in [0.29, 0.717) is 6.61 Å². The number of hydrogen-bond donors (Lipinski definition) is 0. The molecule has 2 rings (SSSR count). The van der Waals surface area contributed by atoms with Crippen molar-refractivity contribution in [1.29, 1.82) is 0 Å². The summed E-state index contributed by atoms with van der Waals surface area (Å²) in [5.74, 6) is 1.13. The standard InChI is InChI=1S/C21H33NO2Si/c1-21(2,3)25(5,6)24-20-12-8-7-10-17(14-19(20)16-23-4)18-11-9-13-22-15-18/h9,11,13-15H,7-8,10,12,16H2,1-6H3/b17-14+,20-19-. The summed E-state index contributed by atoms with van der Waals surface area (Å²) in [5.41, 5.74) is 3.71. The molecule has 0 atom stereocenters. The van der Waals surface area contributed by atoms with E-state index in [2.05, 4.69) is 51.0 Å². The van der Waals surface area contributed by atoms with Crippen LogP contribution < -0.4 is 0 Å². The van der Waals surface area contributed by atoms with E-state index >= 15 is 0 Å². The van der Waals surface area contributed by atoms with Gasteiger partial charge in [-0.15, -0.1) is 0 Å². The second-order valence-corrected chi connectivity index (χ2v) is 13.1. The van der Waals surface area contributed by atoms with Gasteiger partial charge in [0, 0.05) is 31.5 Å². The molecule has 3 nitrogen and oxygen atoms in total. The molecule has 1 heterocycles. The summed E-state index contributed by atoms with van der Waals surface area (Å²) < 4.78 is 12.2. The Kier molecular flexibility index (Phi) is 6.63. The molecule has 1 aromatic rings. The molecular weight excluding hydrogens is 326 g/mol. The summed E-state index contributed by atoms with van der Waals surface area (Å²) >= 11 is 0. The van der Waals surface area contributed by atoms with Crippen molar-refractivity contribution in [3.05, 3.63) is 47.5 Å². The average molecular weight is 360 g/mol. The second kappa shape index (κ2) is 8.32. The Labute approximate surface area is 154 Å². The molecule has 0 aromatic carbocycles. The van der Waals surface area contributed by atoms with E-state index in [0.717, 1.165) is 25.0 Å². The topological polar surface area (TPSA) is 31.4 Å². The van der Waals surface area contributed by atoms with E-state index < -0.39 is 8.32 Å². The average Bonchev–Trinajstić information content (AvgIpc) is 2.53. The zero-order valence-corrected chi connectivity index (χ0v) is 17.7. The van der Waals surface area contributed by atoms with Gasteiger partial charge < -0.3 is 9.16 Å². The molecule has 0 amide bonds. The van der Waals surface area contributed by atoms with Crippen LogP contribution in [-0.2, 0) is 9.16 Å². The molecule has 1 aliphatic rings. The number of allylic oxidation sites excluding steroid dienone is 2. The fraction of sp³-hybridized carbons (Fsp3) is 0.571. The van der Waals surface area contributed by atoms with Crippen molar-refractivity contribution in [3.63, 3.8) is 0 Å². The molecule has 0 aliphatic heterocycles. The molecule has 0 fully saturated rings. The van der Waals surface area contributed by atoms with Crippen molar-refractivity contribution in [2.45, 2.75) is 64.6 Å². The molecular formula is C21H33NO2Si. The number of nitrogens with zero attached hydrogens (tertiary/aromatic N) is 1. The summed E-state index contributed by atoms with van der Waals surface area (Å²) in [5, 5.41) is 0.191. The van der Waals surface area contributed by atoms with Gasteiger partial charge in [0.05, 0.1) is 12.4 Å². The van der Waals surface area contributed by atoms with Gasteiger partial charge in [0.15, 0.2) is 0 Å². The second-order valence-electron chi connectivity index (χ2n) is 8.36. The first-order valence-electron chi connectivity index (χ1n) is 9.25. The number of ether oxygens (including phenoxy) is 1. The van der Waals surface area contributed by atoms with Crippen molar-refractivity contribution < 1.29 is 9.16 Å². The van der Waals surface area contributed by atoms with Crippen molar-refractivity contribution >= 4 is 13.9 Å². The van der Waals surface area contributed by atoms with E-state index in [-0.39, 0.29) is 5.04 Å². The van der Waals surface area contributed by atoms with Crippen LogP contribution in [0.2, 0.25) is 18.1 Å². The van der Waals surface area contributed by atoms with Crippen LogP contribution >= 0.6 is 0 Å². The third-order valence-electron chi connectivity index (χ3n) is 5.32. The lowest BCUT2D eigenvalue weighted by atomic mass is 9.95. The summed E-state index contributed by atoms with van der Waals surface area (Å²) in [6, 6.07) is 4.14. The molecule has 0 radical (unpaired) electrons. The van der Waals surface area contributed by atoms with Crippen LogP contribution in [0.15, 0.2) is 41.9 Å². The molecule has 4 heteroatoms. The van der Waals surface area contributed by atoms with E-state index in [4.69, 9.17) is 9.16 Å². The SMILES string of the molecule is COCC1=C(\O[Si](C)(C)C(C)(C)C)CCCC/C(c2cccnc2)=C\1. The summed E-state index contributed by atoms with van der Waals surface area (Å²) in [6.45, 7) is 12.1. The highest BCUT2D eigenvalue weighted by molar-refractivity contribution is 6.74. The lowest BCUT2D eigenvalue weighted by Crippen LogP contribution is -2.40. The van der Waals surface area contributed by atoms with Gasteiger partial charge in [-0.3, -0.25) is 4.98 Å². The minimum absolute atomic E-state index is 0.191. The van der Waals surface area contributed by atoms with Crippen LogP contribution in [0.3, 0.4) is 0 Å². The monoisotopic (exact) mass is 359 g/mol. The summed E-state index contributed by atoms with van der Waals surface area (Å²) in [7, 11) is -0.101. The van der Waals surface area contributed by atoms with Gasteiger partial charge in [0.2, 0.25) is 8.32 Å². The Hall–Kier alpha value is -1.39. The maximum atomic E-state index is 6.71. The van der Waals surface area contributed by atoms with Crippen LogP contribution in [0, 0.1) is 0 Å². The number of rotatable bonds is 5. The molecule has 0 saturated carbocycles. The number of aromatic nitrogens is 1. The first-order chi connectivity index (χ1) is 11.7. The third-order valence-corrected chi connectivity index (χ3v) is 9.69. The Morgan fingerprint density at radius 3 is 2.48 bits per heavy atom. The zero-order valence-electron chi connectivity index (χ0n) is 16.7. The van der Waals surface area contributed by atoms with Crippen molar-refractivity contribution in [2.24, 2.45) is 0 Å². The number of pyridine rings is 1. The van der Waals surface area contributed by atoms with Crippen LogP contribution in [0.5, 0.6) is 0 Å². The Morgan fingerprint density at radius 1 is 1.16 bits per heavy atom. The van der Waals surface area contributed by atoms with Gasteiger partial charge in [-0.1, -0.05) is 26.8 Å². The first-order valence-corrected chi connectivity index (χ1v) is 12.2. The highest BCUT2D eigenvalue weighted by atomic mass is 28.4. The van der Waals surface area contributed by atoms with Gasteiger partial charge in [-0.05, 0) is 60.7 Å². The Morgan fingerprint density at radius 2 is 1.88 bits per heavy atom. The fourth-order valence-electron chi connectivity index (χ4n) is 2.76. The predicted molar refractivity (Wildman–Crippen MR) is 108 cm³/mol. The molecule has 1 aliphatic carbocycles. The van der Waals surface area contributed by atoms with E-state index in [1.54, 1.807) is 7.11 Å².